The van der Waals surface area contributed by atoms with E-state index in [2.05, 4.69) is 25.8 Å². The molecular weight excluding hydrogens is 177 g/mol. The second kappa shape index (κ2) is 4.07. The van der Waals surface area contributed by atoms with Crippen LogP contribution in [-0.4, -0.2) is 4.98 Å². The lowest BCUT2D eigenvalue weighted by Crippen LogP contribution is -2.12. The van der Waals surface area contributed by atoms with Crippen molar-refractivity contribution in [3.63, 3.8) is 0 Å². The summed E-state index contributed by atoms with van der Waals surface area (Å²) >= 11 is 0. The first kappa shape index (κ1) is 11.2. The van der Waals surface area contributed by atoms with E-state index in [4.69, 9.17) is 0 Å². The molecule has 1 aromatic rings. The Morgan fingerprint density at radius 1 is 1.36 bits per heavy atom. The molecule has 0 aliphatic rings. The van der Waals surface area contributed by atoms with Gasteiger partial charge in [0.15, 0.2) is 0 Å². The molecule has 14 heavy (non-hydrogen) atoms. The van der Waals surface area contributed by atoms with Gasteiger partial charge in [-0.3, -0.25) is 4.98 Å². The van der Waals surface area contributed by atoms with Crippen LogP contribution in [0, 0.1) is 11.2 Å². The summed E-state index contributed by atoms with van der Waals surface area (Å²) in [7, 11) is 0. The molecule has 2 heteroatoms. The molecule has 78 valence electrons. The summed E-state index contributed by atoms with van der Waals surface area (Å²) in [6.45, 7) is 8.26. The lowest BCUT2D eigenvalue weighted by Gasteiger charge is -2.17. The average molecular weight is 195 g/mol. The van der Waals surface area contributed by atoms with E-state index in [1.807, 2.05) is 6.92 Å². The summed E-state index contributed by atoms with van der Waals surface area (Å²) in [6, 6.07) is 1.59. The zero-order valence-corrected chi connectivity index (χ0v) is 9.39. The Morgan fingerprint density at radius 3 is 2.43 bits per heavy atom. The third-order valence-electron chi connectivity index (χ3n) is 2.08. The van der Waals surface area contributed by atoms with Crippen LogP contribution in [0.15, 0.2) is 12.3 Å². The van der Waals surface area contributed by atoms with Gasteiger partial charge in [0.05, 0.1) is 5.69 Å². The third-order valence-corrected chi connectivity index (χ3v) is 2.08. The van der Waals surface area contributed by atoms with Crippen molar-refractivity contribution in [1.29, 1.82) is 0 Å². The summed E-state index contributed by atoms with van der Waals surface area (Å²) in [5, 5.41) is 0. The Kier molecular flexibility index (Phi) is 3.25. The van der Waals surface area contributed by atoms with Crippen molar-refractivity contribution in [2.75, 3.05) is 0 Å². The van der Waals surface area contributed by atoms with E-state index in [-0.39, 0.29) is 11.2 Å². The minimum Gasteiger partial charge on any atom is -0.258 e. The van der Waals surface area contributed by atoms with Gasteiger partial charge >= 0.3 is 0 Å². The van der Waals surface area contributed by atoms with Gasteiger partial charge in [0, 0.05) is 6.20 Å². The first-order valence-corrected chi connectivity index (χ1v) is 5.05. The summed E-state index contributed by atoms with van der Waals surface area (Å²) in [5.41, 5.74) is 1.62. The average Bonchev–Trinajstić information content (AvgIpc) is 2.06. The number of hydrogen-bond acceptors (Lipinski definition) is 1. The number of aromatic nitrogens is 1. The number of pyridine rings is 1. The van der Waals surface area contributed by atoms with Gasteiger partial charge < -0.3 is 0 Å². The molecular formula is C12H18FN. The Hall–Kier alpha value is -0.920. The largest absolute Gasteiger partial charge is 0.258 e. The SMILES string of the molecule is CCc1cnc(CC(C)(C)C)c(F)c1. The van der Waals surface area contributed by atoms with Crippen molar-refractivity contribution < 1.29 is 4.39 Å². The van der Waals surface area contributed by atoms with Crippen molar-refractivity contribution >= 4 is 0 Å². The lowest BCUT2D eigenvalue weighted by atomic mass is 9.90. The number of rotatable bonds is 2. The molecule has 1 nitrogen and oxygen atoms in total. The van der Waals surface area contributed by atoms with Crippen molar-refractivity contribution in [3.8, 4) is 0 Å². The van der Waals surface area contributed by atoms with Crippen molar-refractivity contribution in [2.24, 2.45) is 5.41 Å². The zero-order valence-electron chi connectivity index (χ0n) is 9.39. The van der Waals surface area contributed by atoms with Gasteiger partial charge in [-0.25, -0.2) is 4.39 Å². The number of nitrogens with zero attached hydrogens (tertiary/aromatic N) is 1. The summed E-state index contributed by atoms with van der Waals surface area (Å²) in [4.78, 5) is 4.16. The molecule has 0 radical (unpaired) electrons. The molecule has 0 atom stereocenters. The highest BCUT2D eigenvalue weighted by molar-refractivity contribution is 5.17. The molecule has 0 aliphatic carbocycles. The van der Waals surface area contributed by atoms with Gasteiger partial charge in [0.1, 0.15) is 5.82 Å². The maximum absolute atomic E-state index is 13.5. The summed E-state index contributed by atoms with van der Waals surface area (Å²) in [5.74, 6) is -0.167. The van der Waals surface area contributed by atoms with Crippen molar-refractivity contribution in [2.45, 2.75) is 40.5 Å². The molecule has 0 saturated carbocycles. The number of halogens is 1. The summed E-state index contributed by atoms with van der Waals surface area (Å²) < 4.78 is 13.5. The van der Waals surface area contributed by atoms with E-state index in [1.165, 1.54) is 0 Å². The van der Waals surface area contributed by atoms with Gasteiger partial charge in [0.25, 0.3) is 0 Å². The van der Waals surface area contributed by atoms with E-state index in [0.29, 0.717) is 12.1 Å². The quantitative estimate of drug-likeness (QED) is 0.705. The van der Waals surface area contributed by atoms with Gasteiger partial charge in [-0.2, -0.15) is 0 Å². The molecule has 0 aromatic carbocycles. The predicted octanol–water partition coefficient (Wildman–Crippen LogP) is 3.37. The maximum atomic E-state index is 13.5. The monoisotopic (exact) mass is 195 g/mol. The topological polar surface area (TPSA) is 12.9 Å². The van der Waals surface area contributed by atoms with Crippen LogP contribution in [0.2, 0.25) is 0 Å². The van der Waals surface area contributed by atoms with E-state index < -0.39 is 0 Å². The molecule has 0 fully saturated rings. The zero-order chi connectivity index (χ0) is 10.8. The van der Waals surface area contributed by atoms with E-state index >= 15 is 0 Å². The van der Waals surface area contributed by atoms with Crippen LogP contribution in [0.3, 0.4) is 0 Å². The van der Waals surface area contributed by atoms with Gasteiger partial charge in [-0.15, -0.1) is 0 Å². The van der Waals surface area contributed by atoms with Crippen LogP contribution in [-0.2, 0) is 12.8 Å². The smallest absolute Gasteiger partial charge is 0.144 e. The third kappa shape index (κ3) is 3.09. The predicted molar refractivity (Wildman–Crippen MR) is 56.7 cm³/mol. The first-order valence-electron chi connectivity index (χ1n) is 5.05. The minimum absolute atomic E-state index is 0.0849. The molecule has 0 aliphatic heterocycles. The number of hydrogen-bond donors (Lipinski definition) is 0. The van der Waals surface area contributed by atoms with Gasteiger partial charge in [-0.05, 0) is 29.9 Å². The second-order valence-corrected chi connectivity index (χ2v) is 4.86. The molecule has 0 bridgehead atoms. The fourth-order valence-electron chi connectivity index (χ4n) is 1.33. The summed E-state index contributed by atoms with van der Waals surface area (Å²) in [6.07, 6.45) is 3.28. The minimum atomic E-state index is -0.167. The molecule has 0 saturated heterocycles. The number of aryl methyl sites for hydroxylation is 1. The van der Waals surface area contributed by atoms with Crippen LogP contribution < -0.4 is 0 Å². The molecule has 0 N–H and O–H groups in total. The van der Waals surface area contributed by atoms with Crippen LogP contribution in [0.1, 0.15) is 39.0 Å². The highest BCUT2D eigenvalue weighted by Gasteiger charge is 2.15. The fraction of sp³-hybridized carbons (Fsp3) is 0.583. The van der Waals surface area contributed by atoms with Gasteiger partial charge in [0.2, 0.25) is 0 Å². The van der Waals surface area contributed by atoms with Crippen LogP contribution in [0.25, 0.3) is 0 Å². The normalized spacial score (nSPS) is 11.8. The highest BCUT2D eigenvalue weighted by Crippen LogP contribution is 2.21. The van der Waals surface area contributed by atoms with Crippen molar-refractivity contribution in [1.82, 2.24) is 4.98 Å². The molecule has 0 amide bonds. The first-order chi connectivity index (χ1) is 6.42. The fourth-order valence-corrected chi connectivity index (χ4v) is 1.33. The highest BCUT2D eigenvalue weighted by atomic mass is 19.1. The molecule has 1 heterocycles. The van der Waals surface area contributed by atoms with Gasteiger partial charge in [-0.1, -0.05) is 27.7 Å². The van der Waals surface area contributed by atoms with Crippen LogP contribution in [0.4, 0.5) is 4.39 Å². The Balaban J connectivity index is 2.89. The van der Waals surface area contributed by atoms with E-state index in [1.54, 1.807) is 12.3 Å². The molecule has 0 unspecified atom stereocenters. The standard InChI is InChI=1S/C12H18FN/c1-5-9-6-10(13)11(14-8-9)7-12(2,3)4/h6,8H,5,7H2,1-4H3. The van der Waals surface area contributed by atoms with E-state index in [0.717, 1.165) is 12.0 Å². The Morgan fingerprint density at radius 2 is 2.00 bits per heavy atom. The van der Waals surface area contributed by atoms with Crippen molar-refractivity contribution in [3.05, 3.63) is 29.3 Å². The molecule has 0 spiro atoms. The lowest BCUT2D eigenvalue weighted by molar-refractivity contribution is 0.395. The Labute approximate surface area is 85.4 Å². The van der Waals surface area contributed by atoms with E-state index in [9.17, 15) is 4.39 Å². The molecule has 1 aromatic heterocycles. The van der Waals surface area contributed by atoms with Crippen LogP contribution in [0.5, 0.6) is 0 Å². The Bertz CT molecular complexity index is 313. The molecule has 1 rings (SSSR count). The second-order valence-electron chi connectivity index (χ2n) is 4.86. The maximum Gasteiger partial charge on any atom is 0.144 e. The van der Waals surface area contributed by atoms with Crippen LogP contribution >= 0.6 is 0 Å².